The zero-order valence-corrected chi connectivity index (χ0v) is 23.1. The number of piperidine rings is 2. The van der Waals surface area contributed by atoms with E-state index in [1.807, 2.05) is 35.2 Å². The SMILES string of the molecule is O=C1NC2(CCN(C(=O)Nc3ccccc3)CC2)CC(=O)N2CCN[C@H](C2)C(=O)N2CCC(CC2)N2CCC[C@@H]12. The summed E-state index contributed by atoms with van der Waals surface area (Å²) >= 11 is 0. The first kappa shape index (κ1) is 27.0. The Hall–Kier alpha value is -3.18. The Morgan fingerprint density at radius 1 is 0.900 bits per heavy atom. The van der Waals surface area contributed by atoms with Gasteiger partial charge in [0.2, 0.25) is 17.7 Å². The van der Waals surface area contributed by atoms with Crippen LogP contribution in [-0.4, -0.2) is 119 Å². The van der Waals surface area contributed by atoms with Gasteiger partial charge in [-0.3, -0.25) is 19.3 Å². The van der Waals surface area contributed by atoms with E-state index in [1.54, 1.807) is 9.80 Å². The maximum absolute atomic E-state index is 13.9. The minimum absolute atomic E-state index is 0.000877. The molecule has 216 valence electrons. The fourth-order valence-corrected chi connectivity index (χ4v) is 7.24. The number of benzene rings is 1. The van der Waals surface area contributed by atoms with Crippen molar-refractivity contribution in [2.75, 3.05) is 57.7 Å². The van der Waals surface area contributed by atoms with Crippen molar-refractivity contribution in [3.63, 3.8) is 0 Å². The summed E-state index contributed by atoms with van der Waals surface area (Å²) in [6.45, 7) is 4.60. The molecular weight excluding hydrogens is 510 g/mol. The zero-order valence-electron chi connectivity index (χ0n) is 23.1. The first-order valence-electron chi connectivity index (χ1n) is 14.9. The van der Waals surface area contributed by atoms with Gasteiger partial charge in [0.1, 0.15) is 6.04 Å². The molecule has 6 fully saturated rings. The maximum Gasteiger partial charge on any atom is 0.321 e. The molecule has 6 aliphatic rings. The van der Waals surface area contributed by atoms with Crippen molar-refractivity contribution in [1.29, 1.82) is 0 Å². The van der Waals surface area contributed by atoms with E-state index in [2.05, 4.69) is 20.9 Å². The molecule has 0 aromatic heterocycles. The van der Waals surface area contributed by atoms with Gasteiger partial charge >= 0.3 is 6.03 Å². The molecular formula is C29H41N7O4. The summed E-state index contributed by atoms with van der Waals surface area (Å²) in [4.78, 5) is 61.7. The lowest BCUT2D eigenvalue weighted by Crippen LogP contribution is -2.62. The lowest BCUT2D eigenvalue weighted by Gasteiger charge is -2.44. The Kier molecular flexibility index (Phi) is 7.67. The monoisotopic (exact) mass is 551 g/mol. The number of nitrogens with one attached hydrogen (secondary N) is 3. The number of anilines is 1. The molecule has 6 aliphatic heterocycles. The number of carbonyl (C=O) groups is 4. The molecule has 2 atom stereocenters. The summed E-state index contributed by atoms with van der Waals surface area (Å²) in [5, 5.41) is 9.65. The number of piperazine rings is 1. The van der Waals surface area contributed by atoms with E-state index in [0.717, 1.165) is 37.9 Å². The molecule has 0 unspecified atom stereocenters. The molecule has 0 saturated carbocycles. The highest BCUT2D eigenvalue weighted by molar-refractivity contribution is 5.90. The lowest BCUT2D eigenvalue weighted by atomic mass is 9.83. The smallest absolute Gasteiger partial charge is 0.321 e. The Morgan fingerprint density at radius 3 is 2.40 bits per heavy atom. The van der Waals surface area contributed by atoms with Gasteiger partial charge in [-0.25, -0.2) is 4.79 Å². The lowest BCUT2D eigenvalue weighted by molar-refractivity contribution is -0.140. The minimum Gasteiger partial charge on any atom is -0.349 e. The number of hydrogen-bond donors (Lipinski definition) is 3. The van der Waals surface area contributed by atoms with Crippen LogP contribution in [0.4, 0.5) is 10.5 Å². The number of hydrogen-bond acceptors (Lipinski definition) is 6. The number of urea groups is 1. The maximum atomic E-state index is 13.9. The number of rotatable bonds is 1. The second kappa shape index (κ2) is 11.4. The van der Waals surface area contributed by atoms with Gasteiger partial charge in [-0.05, 0) is 57.2 Å². The summed E-state index contributed by atoms with van der Waals surface area (Å²) in [6, 6.07) is 8.86. The highest BCUT2D eigenvalue weighted by Gasteiger charge is 2.45. The number of amides is 5. The number of carbonyl (C=O) groups excluding carboxylic acids is 4. The molecule has 0 radical (unpaired) electrons. The van der Waals surface area contributed by atoms with E-state index >= 15 is 0 Å². The predicted molar refractivity (Wildman–Crippen MR) is 149 cm³/mol. The van der Waals surface area contributed by atoms with E-state index in [0.29, 0.717) is 58.7 Å². The van der Waals surface area contributed by atoms with Crippen LogP contribution in [0.15, 0.2) is 30.3 Å². The topological polar surface area (TPSA) is 117 Å². The summed E-state index contributed by atoms with van der Waals surface area (Å²) in [7, 11) is 0. The molecule has 1 aromatic carbocycles. The Morgan fingerprint density at radius 2 is 1.65 bits per heavy atom. The summed E-state index contributed by atoms with van der Waals surface area (Å²) in [6.07, 6.45) is 4.68. The second-order valence-electron chi connectivity index (χ2n) is 12.0. The van der Waals surface area contributed by atoms with E-state index < -0.39 is 11.6 Å². The van der Waals surface area contributed by atoms with Crippen molar-refractivity contribution in [1.82, 2.24) is 30.2 Å². The normalized spacial score (nSPS) is 28.2. The molecule has 3 N–H and O–H groups in total. The zero-order chi connectivity index (χ0) is 27.7. The molecule has 11 heteroatoms. The number of nitrogens with zero attached hydrogens (tertiary/aromatic N) is 4. The molecule has 0 aliphatic carbocycles. The van der Waals surface area contributed by atoms with Gasteiger partial charge in [0.15, 0.2) is 0 Å². The van der Waals surface area contributed by atoms with Gasteiger partial charge < -0.3 is 30.7 Å². The Labute approximate surface area is 235 Å². The van der Waals surface area contributed by atoms with Gasteiger partial charge in [-0.2, -0.15) is 0 Å². The minimum atomic E-state index is -0.724. The van der Waals surface area contributed by atoms with Crippen LogP contribution in [0.5, 0.6) is 0 Å². The third kappa shape index (κ3) is 5.54. The third-order valence-corrected chi connectivity index (χ3v) is 9.58. The Bertz CT molecular complexity index is 1110. The van der Waals surface area contributed by atoms with E-state index in [-0.39, 0.29) is 42.3 Å². The molecule has 6 heterocycles. The van der Waals surface area contributed by atoms with Crippen LogP contribution >= 0.6 is 0 Å². The van der Waals surface area contributed by atoms with Crippen molar-refractivity contribution in [2.24, 2.45) is 0 Å². The predicted octanol–water partition coefficient (Wildman–Crippen LogP) is 0.829. The van der Waals surface area contributed by atoms with Crippen molar-refractivity contribution in [3.8, 4) is 0 Å². The van der Waals surface area contributed by atoms with Gasteiger partial charge in [0.05, 0.1) is 18.0 Å². The van der Waals surface area contributed by atoms with Crippen molar-refractivity contribution < 1.29 is 19.2 Å². The molecule has 40 heavy (non-hydrogen) atoms. The Balaban J connectivity index is 1.22. The summed E-state index contributed by atoms with van der Waals surface area (Å²) < 4.78 is 0. The first-order valence-corrected chi connectivity index (χ1v) is 14.9. The highest BCUT2D eigenvalue weighted by atomic mass is 16.2. The molecule has 1 aromatic rings. The van der Waals surface area contributed by atoms with Crippen molar-refractivity contribution in [2.45, 2.75) is 68.6 Å². The fourth-order valence-electron chi connectivity index (χ4n) is 7.24. The van der Waals surface area contributed by atoms with Crippen LogP contribution in [0.1, 0.15) is 44.9 Å². The molecule has 1 spiro atoms. The third-order valence-electron chi connectivity index (χ3n) is 9.58. The molecule has 7 rings (SSSR count). The van der Waals surface area contributed by atoms with Gasteiger partial charge in [-0.15, -0.1) is 0 Å². The van der Waals surface area contributed by atoms with Crippen molar-refractivity contribution in [3.05, 3.63) is 30.3 Å². The van der Waals surface area contributed by atoms with Crippen LogP contribution in [0, 0.1) is 0 Å². The standard InChI is InChI=1S/C29H41N7O4/c37-25-19-29(10-16-34(17-11-29)28(40)31-21-5-2-1-3-6-21)32-26(38)24-7-4-13-36(24)22-8-14-33(15-9-22)27(39)23-20-35(25)18-12-30-23/h1-3,5-6,22-24,30H,4,7-20H2,(H,31,40)(H,32,38)/t23-,24+/m1/s1. The first-order chi connectivity index (χ1) is 19.4. The van der Waals surface area contributed by atoms with Gasteiger partial charge in [0, 0.05) is 57.5 Å². The van der Waals surface area contributed by atoms with Gasteiger partial charge in [0.25, 0.3) is 0 Å². The molecule has 11 nitrogen and oxygen atoms in total. The van der Waals surface area contributed by atoms with Crippen LogP contribution in [0.3, 0.4) is 0 Å². The van der Waals surface area contributed by atoms with E-state index in [4.69, 9.17) is 0 Å². The average Bonchev–Trinajstić information content (AvgIpc) is 3.48. The van der Waals surface area contributed by atoms with Crippen LogP contribution < -0.4 is 16.0 Å². The second-order valence-corrected chi connectivity index (χ2v) is 12.0. The number of fused-ring (bicyclic) bond motifs is 4. The molecule has 5 amide bonds. The highest BCUT2D eigenvalue weighted by Crippen LogP contribution is 2.31. The fraction of sp³-hybridized carbons (Fsp3) is 0.655. The number of para-hydroxylation sites is 1. The van der Waals surface area contributed by atoms with Crippen LogP contribution in [0.2, 0.25) is 0 Å². The number of likely N-dealkylation sites (tertiary alicyclic amines) is 1. The van der Waals surface area contributed by atoms with Crippen LogP contribution in [0.25, 0.3) is 0 Å². The summed E-state index contributed by atoms with van der Waals surface area (Å²) in [5.41, 5.74) is 0.0119. The van der Waals surface area contributed by atoms with Crippen LogP contribution in [-0.2, 0) is 14.4 Å². The van der Waals surface area contributed by atoms with Gasteiger partial charge in [-0.1, -0.05) is 18.2 Å². The van der Waals surface area contributed by atoms with Crippen molar-refractivity contribution >= 4 is 29.4 Å². The largest absolute Gasteiger partial charge is 0.349 e. The van der Waals surface area contributed by atoms with E-state index in [1.165, 1.54) is 0 Å². The molecule has 4 bridgehead atoms. The summed E-state index contributed by atoms with van der Waals surface area (Å²) in [5.74, 6) is 0.0312. The van der Waals surface area contributed by atoms with E-state index in [9.17, 15) is 19.2 Å². The quantitative estimate of drug-likeness (QED) is 0.476. The molecule has 6 saturated heterocycles. The average molecular weight is 552 g/mol.